The fraction of sp³-hybridized carbons (Fsp3) is 0.227. The van der Waals surface area contributed by atoms with Gasteiger partial charge in [0.1, 0.15) is 11.9 Å². The van der Waals surface area contributed by atoms with E-state index in [0.29, 0.717) is 11.3 Å². The highest BCUT2D eigenvalue weighted by molar-refractivity contribution is 7.09. The van der Waals surface area contributed by atoms with Crippen LogP contribution in [0.4, 0.5) is 10.1 Å². The lowest BCUT2D eigenvalue weighted by Gasteiger charge is -2.22. The summed E-state index contributed by atoms with van der Waals surface area (Å²) >= 11 is 1.58. The molecule has 0 aliphatic carbocycles. The van der Waals surface area contributed by atoms with Gasteiger partial charge in [0, 0.05) is 22.2 Å². The minimum Gasteiger partial charge on any atom is -0.340 e. The predicted octanol–water partition coefficient (Wildman–Crippen LogP) is 4.65. The van der Waals surface area contributed by atoms with Gasteiger partial charge >= 0.3 is 0 Å². The first-order chi connectivity index (χ1) is 13.8. The number of carbonyl (C=O) groups is 2. The highest BCUT2D eigenvalue weighted by atomic mass is 32.1. The lowest BCUT2D eigenvalue weighted by molar-refractivity contribution is -0.118. The summed E-state index contributed by atoms with van der Waals surface area (Å²) in [7, 11) is 0. The van der Waals surface area contributed by atoms with Crippen molar-refractivity contribution in [2.24, 2.45) is 5.92 Å². The smallest absolute Gasteiger partial charge is 0.251 e. The van der Waals surface area contributed by atoms with E-state index in [1.807, 2.05) is 38.3 Å². The van der Waals surface area contributed by atoms with Crippen molar-refractivity contribution in [3.63, 3.8) is 0 Å². The number of aryl methyl sites for hydroxylation is 1. The number of nitrogens with zero attached hydrogens (tertiary/aromatic N) is 1. The van der Waals surface area contributed by atoms with Crippen LogP contribution in [0.25, 0.3) is 11.3 Å². The molecule has 0 radical (unpaired) electrons. The van der Waals surface area contributed by atoms with Crippen molar-refractivity contribution < 1.29 is 14.0 Å². The van der Waals surface area contributed by atoms with Crippen LogP contribution >= 0.6 is 11.3 Å². The second-order valence-electron chi connectivity index (χ2n) is 7.02. The summed E-state index contributed by atoms with van der Waals surface area (Å²) in [6.45, 7) is 5.65. The van der Waals surface area contributed by atoms with E-state index >= 15 is 0 Å². The molecule has 0 saturated heterocycles. The quantitative estimate of drug-likeness (QED) is 0.620. The van der Waals surface area contributed by atoms with Gasteiger partial charge in [-0.25, -0.2) is 9.37 Å². The average Bonchev–Trinajstić information content (AvgIpc) is 3.13. The standard InChI is InChI=1S/C22H22FN3O2S/c1-13(2)20(26-21(27)16-4-8-17(23)9-5-16)22(28)25-18-10-6-15(7-11-18)19-12-29-14(3)24-19/h4-13,20H,1-3H3,(H,25,28)(H,26,27)/t20-/m0/s1. The van der Waals surface area contributed by atoms with E-state index in [0.717, 1.165) is 16.3 Å². The highest BCUT2D eigenvalue weighted by Crippen LogP contribution is 2.23. The predicted molar refractivity (Wildman–Crippen MR) is 113 cm³/mol. The summed E-state index contributed by atoms with van der Waals surface area (Å²) in [5.74, 6) is -1.28. The Morgan fingerprint density at radius 1 is 1.03 bits per heavy atom. The Morgan fingerprint density at radius 3 is 2.24 bits per heavy atom. The molecule has 7 heteroatoms. The Morgan fingerprint density at radius 2 is 1.69 bits per heavy atom. The van der Waals surface area contributed by atoms with Crippen LogP contribution in [0.1, 0.15) is 29.2 Å². The molecule has 150 valence electrons. The number of thiazole rings is 1. The number of rotatable bonds is 6. The molecule has 2 aromatic carbocycles. The van der Waals surface area contributed by atoms with Crippen molar-refractivity contribution in [3.05, 3.63) is 70.3 Å². The van der Waals surface area contributed by atoms with Gasteiger partial charge in [-0.3, -0.25) is 9.59 Å². The van der Waals surface area contributed by atoms with Gasteiger partial charge in [0.05, 0.1) is 10.7 Å². The zero-order valence-corrected chi connectivity index (χ0v) is 17.2. The van der Waals surface area contributed by atoms with Gasteiger partial charge in [0.25, 0.3) is 5.91 Å². The minimum absolute atomic E-state index is 0.128. The van der Waals surface area contributed by atoms with Gasteiger partial charge in [-0.1, -0.05) is 26.0 Å². The summed E-state index contributed by atoms with van der Waals surface area (Å²) < 4.78 is 13.1. The molecule has 0 unspecified atom stereocenters. The molecule has 0 spiro atoms. The van der Waals surface area contributed by atoms with E-state index in [-0.39, 0.29) is 11.8 Å². The summed E-state index contributed by atoms with van der Waals surface area (Å²) in [4.78, 5) is 29.6. The number of amides is 2. The molecular formula is C22H22FN3O2S. The molecule has 1 atom stereocenters. The van der Waals surface area contributed by atoms with Crippen molar-refractivity contribution in [1.82, 2.24) is 10.3 Å². The van der Waals surface area contributed by atoms with Crippen LogP contribution in [-0.4, -0.2) is 22.8 Å². The molecule has 1 heterocycles. The minimum atomic E-state index is -0.728. The van der Waals surface area contributed by atoms with Crippen molar-refractivity contribution >= 4 is 28.8 Å². The lowest BCUT2D eigenvalue weighted by atomic mass is 10.0. The zero-order chi connectivity index (χ0) is 21.0. The number of anilines is 1. The second kappa shape index (κ2) is 8.96. The highest BCUT2D eigenvalue weighted by Gasteiger charge is 2.25. The number of benzene rings is 2. The first-order valence-electron chi connectivity index (χ1n) is 9.23. The fourth-order valence-corrected chi connectivity index (χ4v) is 3.42. The number of hydrogen-bond donors (Lipinski definition) is 2. The average molecular weight is 412 g/mol. The molecule has 0 aliphatic heterocycles. The molecule has 2 amide bonds. The first kappa shape index (κ1) is 20.7. The van der Waals surface area contributed by atoms with Gasteiger partial charge in [0.15, 0.2) is 0 Å². The van der Waals surface area contributed by atoms with Crippen LogP contribution < -0.4 is 10.6 Å². The Bertz CT molecular complexity index is 998. The fourth-order valence-electron chi connectivity index (χ4n) is 2.80. The van der Waals surface area contributed by atoms with Gasteiger partial charge in [-0.2, -0.15) is 0 Å². The van der Waals surface area contributed by atoms with Crippen LogP contribution in [0.15, 0.2) is 53.9 Å². The molecule has 0 aliphatic rings. The number of carbonyl (C=O) groups excluding carboxylic acids is 2. The van der Waals surface area contributed by atoms with Crippen molar-refractivity contribution in [1.29, 1.82) is 0 Å². The van der Waals surface area contributed by atoms with Crippen LogP contribution in [0.5, 0.6) is 0 Å². The Balaban J connectivity index is 1.67. The molecule has 2 N–H and O–H groups in total. The third-order valence-electron chi connectivity index (χ3n) is 4.41. The van der Waals surface area contributed by atoms with Gasteiger partial charge < -0.3 is 10.6 Å². The van der Waals surface area contributed by atoms with E-state index in [1.165, 1.54) is 24.3 Å². The Labute approximate surface area is 173 Å². The van der Waals surface area contributed by atoms with Gasteiger partial charge in [-0.15, -0.1) is 11.3 Å². The molecule has 0 saturated carbocycles. The maximum Gasteiger partial charge on any atom is 0.251 e. The van der Waals surface area contributed by atoms with E-state index < -0.39 is 17.8 Å². The van der Waals surface area contributed by atoms with E-state index in [1.54, 1.807) is 23.5 Å². The third kappa shape index (κ3) is 5.26. The zero-order valence-electron chi connectivity index (χ0n) is 16.4. The normalized spacial score (nSPS) is 11.9. The lowest BCUT2D eigenvalue weighted by Crippen LogP contribution is -2.47. The largest absolute Gasteiger partial charge is 0.340 e. The summed E-state index contributed by atoms with van der Waals surface area (Å²) in [6, 6.07) is 11.9. The van der Waals surface area contributed by atoms with Crippen LogP contribution in [0, 0.1) is 18.7 Å². The maximum absolute atomic E-state index is 13.1. The molecule has 3 rings (SSSR count). The first-order valence-corrected chi connectivity index (χ1v) is 10.1. The number of hydrogen-bond acceptors (Lipinski definition) is 4. The van der Waals surface area contributed by atoms with Crippen molar-refractivity contribution in [3.8, 4) is 11.3 Å². The van der Waals surface area contributed by atoms with Crippen molar-refractivity contribution in [2.45, 2.75) is 26.8 Å². The molecule has 5 nitrogen and oxygen atoms in total. The Kier molecular flexibility index (Phi) is 6.39. The second-order valence-corrected chi connectivity index (χ2v) is 8.08. The summed E-state index contributed by atoms with van der Waals surface area (Å²) in [5, 5.41) is 8.56. The SMILES string of the molecule is Cc1nc(-c2ccc(NC(=O)[C@@H](NC(=O)c3ccc(F)cc3)C(C)C)cc2)cs1. The molecule has 29 heavy (non-hydrogen) atoms. The summed E-state index contributed by atoms with van der Waals surface area (Å²) in [5.41, 5.74) is 2.80. The van der Waals surface area contributed by atoms with Crippen molar-refractivity contribution in [2.75, 3.05) is 5.32 Å². The number of aromatic nitrogens is 1. The van der Waals surface area contributed by atoms with Gasteiger partial charge in [0.2, 0.25) is 5.91 Å². The topological polar surface area (TPSA) is 71.1 Å². The maximum atomic E-state index is 13.1. The number of nitrogens with one attached hydrogen (secondary N) is 2. The third-order valence-corrected chi connectivity index (χ3v) is 5.18. The number of halogens is 1. The molecular weight excluding hydrogens is 389 g/mol. The molecule has 1 aromatic heterocycles. The molecule has 0 bridgehead atoms. The van der Waals surface area contributed by atoms with Crippen LogP contribution in [0.2, 0.25) is 0 Å². The molecule has 3 aromatic rings. The van der Waals surface area contributed by atoms with E-state index in [4.69, 9.17) is 0 Å². The van der Waals surface area contributed by atoms with E-state index in [9.17, 15) is 14.0 Å². The van der Waals surface area contributed by atoms with Crippen LogP contribution in [-0.2, 0) is 4.79 Å². The van der Waals surface area contributed by atoms with Gasteiger partial charge in [-0.05, 0) is 49.2 Å². The summed E-state index contributed by atoms with van der Waals surface area (Å²) in [6.07, 6.45) is 0. The molecule has 0 fully saturated rings. The van der Waals surface area contributed by atoms with E-state index in [2.05, 4.69) is 15.6 Å². The van der Waals surface area contributed by atoms with Crippen LogP contribution in [0.3, 0.4) is 0 Å². The monoisotopic (exact) mass is 411 g/mol. The Hall–Kier alpha value is -3.06.